The van der Waals surface area contributed by atoms with Crippen LogP contribution in [0.25, 0.3) is 11.1 Å². The second-order valence-corrected chi connectivity index (χ2v) is 10.4. The van der Waals surface area contributed by atoms with Gasteiger partial charge in [0.2, 0.25) is 5.91 Å². The average molecular weight is 547 g/mol. The molecule has 0 aliphatic carbocycles. The van der Waals surface area contributed by atoms with Gasteiger partial charge in [-0.3, -0.25) is 9.48 Å². The van der Waals surface area contributed by atoms with Gasteiger partial charge in [-0.15, -0.1) is 0 Å². The van der Waals surface area contributed by atoms with Crippen LogP contribution in [0.3, 0.4) is 0 Å². The third-order valence-electron chi connectivity index (χ3n) is 7.17. The number of amides is 1. The van der Waals surface area contributed by atoms with Crippen molar-refractivity contribution in [1.29, 1.82) is 0 Å². The Hall–Kier alpha value is -2.88. The predicted octanol–water partition coefficient (Wildman–Crippen LogP) is 4.89. The number of carbonyl (C=O) groups is 1. The molecule has 0 unspecified atom stereocenters. The third-order valence-corrected chi connectivity index (χ3v) is 7.88. The molecule has 2 saturated heterocycles. The van der Waals surface area contributed by atoms with Gasteiger partial charge >= 0.3 is 0 Å². The molecule has 0 spiro atoms. The Bertz CT molecular complexity index is 1290. The zero-order chi connectivity index (χ0) is 26.1. The van der Waals surface area contributed by atoms with Gasteiger partial charge in [0, 0.05) is 53.7 Å². The normalized spacial score (nSPS) is 19.2. The van der Waals surface area contributed by atoms with Crippen LogP contribution in [0.1, 0.15) is 43.9 Å². The molecule has 5 rings (SSSR count). The fourth-order valence-corrected chi connectivity index (χ4v) is 5.71. The Labute approximate surface area is 224 Å². The summed E-state index contributed by atoms with van der Waals surface area (Å²) in [6.45, 7) is 4.89. The van der Waals surface area contributed by atoms with E-state index in [1.54, 1.807) is 25.4 Å². The minimum atomic E-state index is -0.661. The quantitative estimate of drug-likeness (QED) is 0.427. The van der Waals surface area contributed by atoms with E-state index in [1.807, 2.05) is 15.8 Å². The number of carbonyl (C=O) groups excluding carboxylic acids is 1. The van der Waals surface area contributed by atoms with E-state index in [2.05, 4.69) is 15.4 Å². The Morgan fingerprint density at radius 3 is 2.73 bits per heavy atom. The fraction of sp³-hybridized carbons (Fsp3) is 0.423. The Kier molecular flexibility index (Phi) is 7.55. The van der Waals surface area contributed by atoms with Crippen LogP contribution in [0, 0.1) is 11.7 Å². The van der Waals surface area contributed by atoms with Crippen molar-refractivity contribution in [3.05, 3.63) is 58.2 Å². The average Bonchev–Trinajstić information content (AvgIpc) is 3.61. The van der Waals surface area contributed by atoms with Crippen LogP contribution in [0.2, 0.25) is 10.0 Å². The maximum Gasteiger partial charge on any atom is 0.227 e. The molecule has 3 aromatic rings. The van der Waals surface area contributed by atoms with Gasteiger partial charge in [0.1, 0.15) is 11.9 Å². The summed E-state index contributed by atoms with van der Waals surface area (Å²) in [7, 11) is 0. The first-order valence-electron chi connectivity index (χ1n) is 12.4. The van der Waals surface area contributed by atoms with Crippen LogP contribution < -0.4 is 15.8 Å². The van der Waals surface area contributed by atoms with Gasteiger partial charge in [0.15, 0.2) is 11.6 Å². The van der Waals surface area contributed by atoms with Gasteiger partial charge in [-0.1, -0.05) is 23.2 Å². The Morgan fingerprint density at radius 2 is 2.00 bits per heavy atom. The monoisotopic (exact) mass is 546 g/mol. The largest absolute Gasteiger partial charge is 0.482 e. The molecule has 3 N–H and O–H groups in total. The lowest BCUT2D eigenvalue weighted by Crippen LogP contribution is -2.42. The van der Waals surface area contributed by atoms with Crippen molar-refractivity contribution in [3.63, 3.8) is 0 Å². The van der Waals surface area contributed by atoms with Crippen LogP contribution in [0.15, 0.2) is 36.8 Å². The summed E-state index contributed by atoms with van der Waals surface area (Å²) in [5.74, 6) is 0.330. The molecule has 8 nitrogen and oxygen atoms in total. The second kappa shape index (κ2) is 10.8. The zero-order valence-corrected chi connectivity index (χ0v) is 22.0. The summed E-state index contributed by atoms with van der Waals surface area (Å²) >= 11 is 12.4. The standard InChI is InChI=1S/C26H29Cl2FN6O2/c1-15(23-20(27)2-3-21(29)24(23)28)37-22-10-17(12-32-25(22)30)18-13-33-35(14-18)19-5-8-34(9-6-19)26(36)16-4-7-31-11-16/h2-3,10,12-16,19,31H,4-9,11H2,1H3,(H2,30,32)/t15-,16+/m1/s1. The number of pyridine rings is 1. The van der Waals surface area contributed by atoms with Gasteiger partial charge in [-0.05, 0) is 50.9 Å². The van der Waals surface area contributed by atoms with E-state index < -0.39 is 11.9 Å². The van der Waals surface area contributed by atoms with Gasteiger partial charge in [-0.25, -0.2) is 9.37 Å². The van der Waals surface area contributed by atoms with E-state index in [1.165, 1.54) is 12.1 Å². The number of nitrogen functional groups attached to an aromatic ring is 1. The molecule has 196 valence electrons. The summed E-state index contributed by atoms with van der Waals surface area (Å²) in [6, 6.07) is 4.65. The number of hydrogen-bond donors (Lipinski definition) is 2. The van der Waals surface area contributed by atoms with Crippen LogP contribution in [-0.2, 0) is 4.79 Å². The SMILES string of the molecule is C[C@@H](Oc1cc(-c2cnn(C3CCN(C(=O)[C@H]4CCNC4)CC3)c2)cnc1N)c1c(Cl)ccc(F)c1Cl. The van der Waals surface area contributed by atoms with Crippen molar-refractivity contribution >= 4 is 34.9 Å². The molecule has 2 aliphatic rings. The first-order chi connectivity index (χ1) is 17.8. The molecule has 0 radical (unpaired) electrons. The van der Waals surface area contributed by atoms with Crippen molar-refractivity contribution in [2.24, 2.45) is 5.92 Å². The van der Waals surface area contributed by atoms with Crippen molar-refractivity contribution in [3.8, 4) is 16.9 Å². The minimum absolute atomic E-state index is 0.0865. The molecule has 37 heavy (non-hydrogen) atoms. The number of halogens is 3. The van der Waals surface area contributed by atoms with Gasteiger partial charge in [-0.2, -0.15) is 5.10 Å². The van der Waals surface area contributed by atoms with E-state index in [9.17, 15) is 9.18 Å². The molecule has 4 heterocycles. The van der Waals surface area contributed by atoms with Crippen LogP contribution in [-0.4, -0.2) is 51.8 Å². The number of anilines is 1. The van der Waals surface area contributed by atoms with Crippen LogP contribution in [0.4, 0.5) is 10.2 Å². The fourth-order valence-electron chi connectivity index (χ4n) is 5.03. The number of hydrogen-bond acceptors (Lipinski definition) is 6. The highest BCUT2D eigenvalue weighted by Crippen LogP contribution is 2.37. The maximum atomic E-state index is 14.0. The number of ether oxygens (including phenoxy) is 1. The molecular weight excluding hydrogens is 518 g/mol. The summed E-state index contributed by atoms with van der Waals surface area (Å²) < 4.78 is 22.0. The Morgan fingerprint density at radius 1 is 1.22 bits per heavy atom. The van der Waals surface area contributed by atoms with Crippen molar-refractivity contribution in [2.45, 2.75) is 38.3 Å². The molecule has 2 atom stereocenters. The highest BCUT2D eigenvalue weighted by molar-refractivity contribution is 6.36. The van der Waals surface area contributed by atoms with E-state index >= 15 is 0 Å². The second-order valence-electron chi connectivity index (χ2n) is 9.58. The lowest BCUT2D eigenvalue weighted by molar-refractivity contribution is -0.136. The molecule has 1 amide bonds. The van der Waals surface area contributed by atoms with Crippen LogP contribution in [0.5, 0.6) is 5.75 Å². The van der Waals surface area contributed by atoms with Crippen LogP contribution >= 0.6 is 23.2 Å². The van der Waals surface area contributed by atoms with E-state index in [0.717, 1.165) is 56.6 Å². The van der Waals surface area contributed by atoms with Crippen molar-refractivity contribution in [1.82, 2.24) is 25.0 Å². The molecule has 2 aromatic heterocycles. The number of rotatable bonds is 6. The topological polar surface area (TPSA) is 98.3 Å². The summed E-state index contributed by atoms with van der Waals surface area (Å²) in [5, 5.41) is 8.07. The van der Waals surface area contributed by atoms with Gasteiger partial charge < -0.3 is 20.7 Å². The van der Waals surface area contributed by atoms with Crippen molar-refractivity contribution in [2.75, 3.05) is 31.9 Å². The highest BCUT2D eigenvalue weighted by Gasteiger charge is 2.30. The smallest absolute Gasteiger partial charge is 0.227 e. The number of benzene rings is 1. The predicted molar refractivity (Wildman–Crippen MR) is 141 cm³/mol. The number of nitrogens with zero attached hydrogens (tertiary/aromatic N) is 4. The molecule has 2 fully saturated rings. The zero-order valence-electron chi connectivity index (χ0n) is 20.5. The third kappa shape index (κ3) is 5.39. The first kappa shape index (κ1) is 25.8. The molecule has 11 heteroatoms. The van der Waals surface area contributed by atoms with Gasteiger partial charge in [0.05, 0.1) is 23.2 Å². The molecule has 0 bridgehead atoms. The number of aromatic nitrogens is 3. The molecule has 0 saturated carbocycles. The van der Waals surface area contributed by atoms with E-state index in [-0.39, 0.29) is 28.7 Å². The van der Waals surface area contributed by atoms with Gasteiger partial charge in [0.25, 0.3) is 0 Å². The molecule has 1 aromatic carbocycles. The summed E-state index contributed by atoms with van der Waals surface area (Å²) in [4.78, 5) is 19.0. The van der Waals surface area contributed by atoms with E-state index in [4.69, 9.17) is 33.7 Å². The number of likely N-dealkylation sites (tertiary alicyclic amines) is 1. The Balaban J connectivity index is 1.27. The minimum Gasteiger partial charge on any atom is -0.482 e. The summed E-state index contributed by atoms with van der Waals surface area (Å²) in [6.07, 6.45) is 7.39. The van der Waals surface area contributed by atoms with Crippen molar-refractivity contribution < 1.29 is 13.9 Å². The lowest BCUT2D eigenvalue weighted by Gasteiger charge is -2.33. The number of nitrogens with one attached hydrogen (secondary N) is 1. The molecular formula is C26H29Cl2FN6O2. The van der Waals surface area contributed by atoms with E-state index in [0.29, 0.717) is 16.3 Å². The summed E-state index contributed by atoms with van der Waals surface area (Å²) in [5.41, 5.74) is 8.06. The maximum absolute atomic E-state index is 14.0. The first-order valence-corrected chi connectivity index (χ1v) is 13.2. The lowest BCUT2D eigenvalue weighted by atomic mass is 10.0. The number of piperidine rings is 1. The number of nitrogens with two attached hydrogens (primary N) is 1. The molecule has 2 aliphatic heterocycles. The highest BCUT2D eigenvalue weighted by atomic mass is 35.5.